The molecule has 2 aromatic rings. The van der Waals surface area contributed by atoms with Crippen molar-refractivity contribution >= 4 is 45.0 Å². The van der Waals surface area contributed by atoms with Gasteiger partial charge in [-0.15, -0.1) is 13.2 Å². The van der Waals surface area contributed by atoms with Crippen LogP contribution in [-0.4, -0.2) is 94.5 Å². The van der Waals surface area contributed by atoms with Crippen LogP contribution in [0.5, 0.6) is 0 Å². The average molecular weight is 708 g/mol. The van der Waals surface area contributed by atoms with Gasteiger partial charge in [0.2, 0.25) is 11.8 Å². The molecule has 3 amide bonds. The van der Waals surface area contributed by atoms with Gasteiger partial charge in [-0.25, -0.2) is 0 Å². The third kappa shape index (κ3) is 6.52. The molecule has 3 heterocycles. The van der Waals surface area contributed by atoms with E-state index in [0.717, 1.165) is 24.3 Å². The normalized spacial score (nSPS) is 25.8. The minimum absolute atomic E-state index is 0.0180. The minimum atomic E-state index is -1.18. The first-order valence-electron chi connectivity index (χ1n) is 16.7. The van der Waals surface area contributed by atoms with Gasteiger partial charge in [-0.05, 0) is 62.9 Å². The number of amides is 3. The number of carbonyl (C=O) groups excluding carboxylic acids is 3. The van der Waals surface area contributed by atoms with Gasteiger partial charge in [0.1, 0.15) is 11.6 Å². The molecule has 3 aliphatic rings. The van der Waals surface area contributed by atoms with Gasteiger partial charge in [0.25, 0.3) is 5.91 Å². The highest BCUT2D eigenvalue weighted by atomic mass is 79.9. The number of anilines is 2. The highest BCUT2D eigenvalue weighted by Crippen LogP contribution is 2.60. The van der Waals surface area contributed by atoms with Crippen molar-refractivity contribution in [2.45, 2.75) is 62.2 Å². The van der Waals surface area contributed by atoms with Gasteiger partial charge in [-0.3, -0.25) is 14.4 Å². The van der Waals surface area contributed by atoms with E-state index in [2.05, 4.69) is 47.8 Å². The van der Waals surface area contributed by atoms with Gasteiger partial charge in [-0.2, -0.15) is 0 Å². The molecule has 3 saturated heterocycles. The number of halogens is 1. The number of nitrogens with zero attached hydrogens (tertiary/aromatic N) is 4. The number of alkyl halides is 1. The van der Waals surface area contributed by atoms with Gasteiger partial charge in [0.05, 0.1) is 17.9 Å². The quantitative estimate of drug-likeness (QED) is 0.153. The molecule has 1 spiro atoms. The van der Waals surface area contributed by atoms with Crippen molar-refractivity contribution in [3.8, 4) is 0 Å². The molecular formula is C37H47BrN4O5. The van der Waals surface area contributed by atoms with Crippen molar-refractivity contribution in [1.29, 1.82) is 0 Å². The van der Waals surface area contributed by atoms with E-state index >= 15 is 0 Å². The van der Waals surface area contributed by atoms with Crippen LogP contribution in [0.2, 0.25) is 0 Å². The number of aliphatic hydroxyl groups excluding tert-OH is 1. The summed E-state index contributed by atoms with van der Waals surface area (Å²) in [5.74, 6) is -2.25. The van der Waals surface area contributed by atoms with Crippen molar-refractivity contribution in [3.63, 3.8) is 0 Å². The van der Waals surface area contributed by atoms with Gasteiger partial charge in [0.15, 0.2) is 0 Å². The number of hydrogen-bond acceptors (Lipinski definition) is 6. The Balaban J connectivity index is 1.52. The maximum absolute atomic E-state index is 14.9. The first-order chi connectivity index (χ1) is 22.8. The van der Waals surface area contributed by atoms with Crippen LogP contribution in [0, 0.1) is 11.8 Å². The van der Waals surface area contributed by atoms with E-state index in [9.17, 15) is 19.5 Å². The second-order valence-corrected chi connectivity index (χ2v) is 13.7. The molecule has 5 rings (SSSR count). The van der Waals surface area contributed by atoms with Crippen molar-refractivity contribution in [1.82, 2.24) is 9.80 Å². The van der Waals surface area contributed by atoms with Crippen LogP contribution < -0.4 is 9.80 Å². The molecule has 2 bridgehead atoms. The third-order valence-electron chi connectivity index (χ3n) is 9.86. The second-order valence-electron chi connectivity index (χ2n) is 12.5. The molecule has 252 valence electrons. The molecule has 3 aliphatic heterocycles. The molecule has 1 N–H and O–H groups in total. The number of carbonyl (C=O) groups is 3. The Morgan fingerprint density at radius 3 is 2.28 bits per heavy atom. The molecule has 3 fully saturated rings. The molecule has 0 aromatic heterocycles. The predicted octanol–water partition coefficient (Wildman–Crippen LogP) is 4.79. The number of hydrogen-bond donors (Lipinski definition) is 1. The Bertz CT molecular complexity index is 1430. The number of benzene rings is 2. The second kappa shape index (κ2) is 15.2. The standard InChI is InChI=1S/C37H47BrN4O5/c1-5-20-40(25-26-14-10-9-11-15-26)34(44)30-31-35(45)42(22-12-13-23-43)33(37(31)24-29(38)32(30)47-37)36(46)41(21-6-2)28-18-16-27(17-19-28)39(7-3)8-4/h5-6,9-11,14-19,29-33,43H,1-2,7-8,12-13,20-25H2,3-4H3/t29?,30-,31-,32-,33?,37?/m0/s1. The zero-order chi connectivity index (χ0) is 33.7. The van der Waals surface area contributed by atoms with E-state index in [1.807, 2.05) is 54.6 Å². The molecule has 9 nitrogen and oxygen atoms in total. The Morgan fingerprint density at radius 1 is 1.00 bits per heavy atom. The molecule has 10 heteroatoms. The van der Waals surface area contributed by atoms with Gasteiger partial charge in [0, 0.05) is 62.1 Å². The lowest BCUT2D eigenvalue weighted by Gasteiger charge is -2.37. The lowest BCUT2D eigenvalue weighted by atomic mass is 9.70. The largest absolute Gasteiger partial charge is 0.396 e. The predicted molar refractivity (Wildman–Crippen MR) is 188 cm³/mol. The van der Waals surface area contributed by atoms with Crippen LogP contribution in [0.1, 0.15) is 38.7 Å². The first-order valence-corrected chi connectivity index (χ1v) is 17.6. The SMILES string of the molecule is C=CCN(Cc1ccccc1)C(=O)[C@H]1[C@H]2C(=O)N(CCCCO)C(C(=O)N(CC=C)c3ccc(N(CC)CC)cc3)C23CC(Br)[C@@H]1O3. The first kappa shape index (κ1) is 34.9. The number of ether oxygens (including phenoxy) is 1. The summed E-state index contributed by atoms with van der Waals surface area (Å²) in [4.78, 5) is 50.9. The summed E-state index contributed by atoms with van der Waals surface area (Å²) in [6.45, 7) is 14.9. The Morgan fingerprint density at radius 2 is 1.66 bits per heavy atom. The number of unbranched alkanes of at least 4 members (excludes halogenated alkanes) is 1. The number of likely N-dealkylation sites (tertiary alicyclic amines) is 1. The highest BCUT2D eigenvalue weighted by molar-refractivity contribution is 9.09. The Kier molecular flexibility index (Phi) is 11.3. The van der Waals surface area contributed by atoms with E-state index in [0.29, 0.717) is 38.0 Å². The molecule has 3 unspecified atom stereocenters. The number of rotatable bonds is 16. The average Bonchev–Trinajstić information content (AvgIpc) is 3.67. The summed E-state index contributed by atoms with van der Waals surface area (Å²) >= 11 is 3.79. The van der Waals surface area contributed by atoms with Crippen LogP contribution in [0.4, 0.5) is 11.4 Å². The third-order valence-corrected chi connectivity index (χ3v) is 10.7. The van der Waals surface area contributed by atoms with Gasteiger partial charge >= 0.3 is 0 Å². The van der Waals surface area contributed by atoms with Gasteiger partial charge < -0.3 is 29.4 Å². The summed E-state index contributed by atoms with van der Waals surface area (Å²) in [7, 11) is 0. The smallest absolute Gasteiger partial charge is 0.253 e. The minimum Gasteiger partial charge on any atom is -0.396 e. The maximum atomic E-state index is 14.9. The summed E-state index contributed by atoms with van der Waals surface area (Å²) in [6, 6.07) is 16.7. The van der Waals surface area contributed by atoms with E-state index in [4.69, 9.17) is 4.74 Å². The summed E-state index contributed by atoms with van der Waals surface area (Å²) < 4.78 is 6.78. The monoisotopic (exact) mass is 706 g/mol. The molecule has 0 saturated carbocycles. The van der Waals surface area contributed by atoms with Crippen LogP contribution in [0.15, 0.2) is 79.9 Å². The fourth-order valence-corrected chi connectivity index (χ4v) is 8.70. The van der Waals surface area contributed by atoms with Crippen LogP contribution in [0.25, 0.3) is 0 Å². The van der Waals surface area contributed by atoms with Crippen molar-refractivity contribution in [3.05, 3.63) is 85.5 Å². The van der Waals surface area contributed by atoms with E-state index in [1.165, 1.54) is 0 Å². The fraction of sp³-hybridized carbons (Fsp3) is 0.486. The lowest BCUT2D eigenvalue weighted by Crippen LogP contribution is -2.57. The lowest BCUT2D eigenvalue weighted by molar-refractivity contribution is -0.145. The number of aliphatic hydroxyl groups is 1. The molecule has 2 aromatic carbocycles. The summed E-state index contributed by atoms with van der Waals surface area (Å²) in [6.07, 6.45) is 4.25. The Hall–Kier alpha value is -3.47. The van der Waals surface area contributed by atoms with E-state index < -0.39 is 29.6 Å². The van der Waals surface area contributed by atoms with Crippen LogP contribution in [-0.2, 0) is 25.7 Å². The zero-order valence-corrected chi connectivity index (χ0v) is 29.1. The van der Waals surface area contributed by atoms with Crippen LogP contribution in [0.3, 0.4) is 0 Å². The fourth-order valence-electron chi connectivity index (χ4n) is 7.76. The van der Waals surface area contributed by atoms with E-state index in [1.54, 1.807) is 26.9 Å². The van der Waals surface area contributed by atoms with Crippen molar-refractivity contribution in [2.24, 2.45) is 11.8 Å². The molecular weight excluding hydrogens is 660 g/mol. The van der Waals surface area contributed by atoms with Gasteiger partial charge in [-0.1, -0.05) is 58.4 Å². The maximum Gasteiger partial charge on any atom is 0.253 e. The van der Waals surface area contributed by atoms with Crippen molar-refractivity contribution in [2.75, 3.05) is 49.1 Å². The molecule has 47 heavy (non-hydrogen) atoms. The molecule has 0 radical (unpaired) electrons. The number of fused-ring (bicyclic) bond motifs is 1. The topological polar surface area (TPSA) is 93.6 Å². The molecule has 6 atom stereocenters. The molecule has 0 aliphatic carbocycles. The zero-order valence-electron chi connectivity index (χ0n) is 27.5. The Labute approximate surface area is 287 Å². The van der Waals surface area contributed by atoms with Crippen molar-refractivity contribution < 1.29 is 24.2 Å². The highest BCUT2D eigenvalue weighted by Gasteiger charge is 2.76. The van der Waals surface area contributed by atoms with Crippen LogP contribution >= 0.6 is 15.9 Å². The van der Waals surface area contributed by atoms with E-state index in [-0.39, 0.29) is 42.2 Å². The summed E-state index contributed by atoms with van der Waals surface area (Å²) in [5, 5.41) is 9.55. The summed E-state index contributed by atoms with van der Waals surface area (Å²) in [5.41, 5.74) is 1.55.